The summed E-state index contributed by atoms with van der Waals surface area (Å²) in [5.74, 6) is -0.171. The number of benzene rings is 1. The van der Waals surface area contributed by atoms with Crippen molar-refractivity contribution in [1.29, 1.82) is 0 Å². The molecule has 0 aromatic heterocycles. The first-order valence-electron chi connectivity index (χ1n) is 7.94. The first-order valence-corrected chi connectivity index (χ1v) is 7.94. The van der Waals surface area contributed by atoms with Crippen molar-refractivity contribution in [3.8, 4) is 0 Å². The molecule has 1 saturated heterocycles. The van der Waals surface area contributed by atoms with Crippen LogP contribution in [0.2, 0.25) is 0 Å². The van der Waals surface area contributed by atoms with Crippen molar-refractivity contribution in [2.24, 2.45) is 5.18 Å². The molecule has 0 radical (unpaired) electrons. The van der Waals surface area contributed by atoms with Crippen LogP contribution >= 0.6 is 0 Å². The second kappa shape index (κ2) is 7.66. The van der Waals surface area contributed by atoms with E-state index in [4.69, 9.17) is 4.74 Å². The van der Waals surface area contributed by atoms with Gasteiger partial charge in [-0.2, -0.15) is 0 Å². The van der Waals surface area contributed by atoms with E-state index >= 15 is 0 Å². The van der Waals surface area contributed by atoms with Crippen molar-refractivity contribution in [3.05, 3.63) is 34.7 Å². The van der Waals surface area contributed by atoms with Crippen LogP contribution in [-0.4, -0.2) is 54.1 Å². The summed E-state index contributed by atoms with van der Waals surface area (Å²) in [6.45, 7) is 10.2. The Bertz CT molecular complexity index is 546. The molecule has 1 aliphatic heterocycles. The SMILES string of the molecule is CC(C)(C)OC(=O)CN1CCN(Cc2cccc(N=O)c2)CC1. The average molecular weight is 319 g/mol. The fraction of sp³-hybridized carbons (Fsp3) is 0.588. The zero-order valence-electron chi connectivity index (χ0n) is 14.1. The van der Waals surface area contributed by atoms with Crippen LogP contribution in [-0.2, 0) is 16.1 Å². The Kier molecular flexibility index (Phi) is 5.85. The highest BCUT2D eigenvalue weighted by molar-refractivity contribution is 5.72. The lowest BCUT2D eigenvalue weighted by molar-refractivity contribution is -0.156. The maximum Gasteiger partial charge on any atom is 0.320 e. The molecule has 23 heavy (non-hydrogen) atoms. The predicted octanol–water partition coefficient (Wildman–Crippen LogP) is 2.54. The minimum absolute atomic E-state index is 0.171. The Hall–Kier alpha value is -1.79. The minimum Gasteiger partial charge on any atom is -0.459 e. The molecule has 0 bridgehead atoms. The van der Waals surface area contributed by atoms with Gasteiger partial charge < -0.3 is 4.74 Å². The summed E-state index contributed by atoms with van der Waals surface area (Å²) in [6.07, 6.45) is 0. The molecule has 1 fully saturated rings. The number of nitroso groups, excluding NO2 is 1. The minimum atomic E-state index is -0.434. The lowest BCUT2D eigenvalue weighted by Crippen LogP contribution is -2.48. The van der Waals surface area contributed by atoms with Gasteiger partial charge in [0.15, 0.2) is 0 Å². The molecule has 1 aromatic carbocycles. The number of rotatable bonds is 5. The Morgan fingerprint density at radius 2 is 1.83 bits per heavy atom. The highest BCUT2D eigenvalue weighted by Gasteiger charge is 2.22. The zero-order valence-corrected chi connectivity index (χ0v) is 14.1. The Morgan fingerprint density at radius 3 is 2.43 bits per heavy atom. The number of hydrogen-bond acceptors (Lipinski definition) is 6. The summed E-state index contributed by atoms with van der Waals surface area (Å²) in [4.78, 5) is 26.9. The number of hydrogen-bond donors (Lipinski definition) is 0. The third kappa shape index (κ3) is 6.08. The van der Waals surface area contributed by atoms with Gasteiger partial charge in [0, 0.05) is 32.7 Å². The molecule has 6 heteroatoms. The molecule has 0 unspecified atom stereocenters. The van der Waals surface area contributed by atoms with Gasteiger partial charge in [-0.1, -0.05) is 12.1 Å². The van der Waals surface area contributed by atoms with Gasteiger partial charge in [0.1, 0.15) is 11.3 Å². The molecule has 1 aromatic rings. The lowest BCUT2D eigenvalue weighted by atomic mass is 10.1. The van der Waals surface area contributed by atoms with Crippen molar-refractivity contribution in [3.63, 3.8) is 0 Å². The molecule has 1 heterocycles. The maximum atomic E-state index is 11.9. The van der Waals surface area contributed by atoms with Crippen molar-refractivity contribution < 1.29 is 9.53 Å². The topological polar surface area (TPSA) is 62.2 Å². The number of nitrogens with zero attached hydrogens (tertiary/aromatic N) is 3. The summed E-state index contributed by atoms with van der Waals surface area (Å²) < 4.78 is 5.35. The zero-order chi connectivity index (χ0) is 16.9. The van der Waals surface area contributed by atoms with E-state index in [2.05, 4.69) is 15.0 Å². The van der Waals surface area contributed by atoms with Crippen molar-refractivity contribution in [2.75, 3.05) is 32.7 Å². The van der Waals surface area contributed by atoms with Gasteiger partial charge >= 0.3 is 5.97 Å². The van der Waals surface area contributed by atoms with E-state index < -0.39 is 5.60 Å². The van der Waals surface area contributed by atoms with E-state index in [0.29, 0.717) is 12.2 Å². The van der Waals surface area contributed by atoms with Crippen LogP contribution in [0.3, 0.4) is 0 Å². The van der Waals surface area contributed by atoms with Gasteiger partial charge in [0.05, 0.1) is 6.54 Å². The van der Waals surface area contributed by atoms with Gasteiger partial charge in [0.25, 0.3) is 0 Å². The monoisotopic (exact) mass is 319 g/mol. The molecule has 126 valence electrons. The fourth-order valence-corrected chi connectivity index (χ4v) is 2.63. The van der Waals surface area contributed by atoms with Crippen molar-refractivity contribution >= 4 is 11.7 Å². The molecule has 0 atom stereocenters. The van der Waals surface area contributed by atoms with E-state index in [-0.39, 0.29) is 5.97 Å². The van der Waals surface area contributed by atoms with Crippen LogP contribution in [0.5, 0.6) is 0 Å². The molecule has 0 aliphatic carbocycles. The van der Waals surface area contributed by atoms with E-state index in [0.717, 1.165) is 38.3 Å². The van der Waals surface area contributed by atoms with Crippen molar-refractivity contribution in [1.82, 2.24) is 9.80 Å². The first kappa shape index (κ1) is 17.6. The number of carbonyl (C=O) groups is 1. The fourth-order valence-electron chi connectivity index (χ4n) is 2.63. The smallest absolute Gasteiger partial charge is 0.320 e. The Morgan fingerprint density at radius 1 is 1.17 bits per heavy atom. The average Bonchev–Trinajstić information content (AvgIpc) is 2.47. The van der Waals surface area contributed by atoms with Gasteiger partial charge in [0.2, 0.25) is 0 Å². The first-order chi connectivity index (χ1) is 10.9. The maximum absolute atomic E-state index is 11.9. The third-order valence-corrected chi connectivity index (χ3v) is 3.66. The summed E-state index contributed by atoms with van der Waals surface area (Å²) in [5.41, 5.74) is 1.12. The molecule has 0 N–H and O–H groups in total. The van der Waals surface area contributed by atoms with Crippen LogP contribution in [0, 0.1) is 4.91 Å². The predicted molar refractivity (Wildman–Crippen MR) is 89.5 cm³/mol. The molecule has 0 saturated carbocycles. The van der Waals surface area contributed by atoms with E-state index in [9.17, 15) is 9.70 Å². The quantitative estimate of drug-likeness (QED) is 0.616. The van der Waals surface area contributed by atoms with Gasteiger partial charge in [-0.25, -0.2) is 0 Å². The number of carbonyl (C=O) groups excluding carboxylic acids is 1. The lowest BCUT2D eigenvalue weighted by Gasteiger charge is -2.34. The second-order valence-electron chi connectivity index (χ2n) is 6.90. The molecular formula is C17H25N3O3. The van der Waals surface area contributed by atoms with E-state index in [1.807, 2.05) is 39.0 Å². The third-order valence-electron chi connectivity index (χ3n) is 3.66. The summed E-state index contributed by atoms with van der Waals surface area (Å²) >= 11 is 0. The van der Waals surface area contributed by atoms with Gasteiger partial charge in [-0.3, -0.25) is 14.6 Å². The summed E-state index contributed by atoms with van der Waals surface area (Å²) in [7, 11) is 0. The largest absolute Gasteiger partial charge is 0.459 e. The van der Waals surface area contributed by atoms with Crippen LogP contribution in [0.15, 0.2) is 29.4 Å². The number of piperazine rings is 1. The van der Waals surface area contributed by atoms with Crippen LogP contribution < -0.4 is 0 Å². The molecule has 2 rings (SSSR count). The highest BCUT2D eigenvalue weighted by atomic mass is 16.6. The van der Waals surface area contributed by atoms with Crippen LogP contribution in [0.4, 0.5) is 5.69 Å². The van der Waals surface area contributed by atoms with E-state index in [1.54, 1.807) is 6.07 Å². The number of esters is 1. The van der Waals surface area contributed by atoms with Crippen LogP contribution in [0.1, 0.15) is 26.3 Å². The second-order valence-corrected chi connectivity index (χ2v) is 6.90. The van der Waals surface area contributed by atoms with Gasteiger partial charge in [-0.05, 0) is 43.6 Å². The molecular weight excluding hydrogens is 294 g/mol. The Labute approximate surface area is 137 Å². The summed E-state index contributed by atoms with van der Waals surface area (Å²) in [5, 5.41) is 2.97. The normalized spacial score (nSPS) is 17.0. The highest BCUT2D eigenvalue weighted by Crippen LogP contribution is 2.16. The van der Waals surface area contributed by atoms with Gasteiger partial charge in [-0.15, -0.1) is 4.91 Å². The van der Waals surface area contributed by atoms with Crippen LogP contribution in [0.25, 0.3) is 0 Å². The Balaban J connectivity index is 1.77. The summed E-state index contributed by atoms with van der Waals surface area (Å²) in [6, 6.07) is 7.38. The van der Waals surface area contributed by atoms with E-state index in [1.165, 1.54) is 0 Å². The van der Waals surface area contributed by atoms with Crippen molar-refractivity contribution in [2.45, 2.75) is 32.9 Å². The molecule has 1 aliphatic rings. The molecule has 0 amide bonds. The molecule has 0 spiro atoms. The standard InChI is InChI=1S/C17H25N3O3/c1-17(2,3)23-16(21)13-20-9-7-19(8-10-20)12-14-5-4-6-15(11-14)18-22/h4-6,11H,7-10,12-13H2,1-3H3. The molecule has 6 nitrogen and oxygen atoms in total. The number of ether oxygens (including phenoxy) is 1.